The monoisotopic (exact) mass is 371 g/mol. The molecule has 0 aromatic heterocycles. The Kier molecular flexibility index (Phi) is 5.83. The van der Waals surface area contributed by atoms with E-state index in [1.807, 2.05) is 60.7 Å². The smallest absolute Gasteiger partial charge is 0.184 e. The van der Waals surface area contributed by atoms with Gasteiger partial charge in [-0.25, -0.2) is 0 Å². The zero-order valence-corrected chi connectivity index (χ0v) is 15.3. The minimum atomic E-state index is -0.563. The molecule has 6 atom stereocenters. The minimum absolute atomic E-state index is 0.296. The molecule has 2 heterocycles. The quantitative estimate of drug-likeness (QED) is 0.870. The molecular weight excluding hydrogens is 346 g/mol. The van der Waals surface area contributed by atoms with Gasteiger partial charge in [0.25, 0.3) is 0 Å². The van der Waals surface area contributed by atoms with Crippen LogP contribution in [-0.2, 0) is 30.3 Å². The van der Waals surface area contributed by atoms with Crippen molar-refractivity contribution in [3.05, 3.63) is 71.8 Å². The summed E-state index contributed by atoms with van der Waals surface area (Å²) in [5.74, 6) is 0. The van der Waals surface area contributed by atoms with Crippen molar-refractivity contribution in [2.24, 2.45) is 5.73 Å². The van der Waals surface area contributed by atoms with E-state index in [4.69, 9.17) is 29.4 Å². The van der Waals surface area contributed by atoms with E-state index in [-0.39, 0.29) is 18.3 Å². The lowest BCUT2D eigenvalue weighted by Crippen LogP contribution is -2.65. The summed E-state index contributed by atoms with van der Waals surface area (Å²) in [6.45, 7) is 0.834. The Bertz CT molecular complexity index is 713. The van der Waals surface area contributed by atoms with Crippen molar-refractivity contribution in [2.45, 2.75) is 43.5 Å². The van der Waals surface area contributed by atoms with E-state index in [0.717, 1.165) is 11.1 Å². The van der Waals surface area contributed by atoms with E-state index >= 15 is 0 Å². The van der Waals surface area contributed by atoms with Crippen LogP contribution >= 0.6 is 0 Å². The molecule has 0 saturated carbocycles. The number of fused-ring (bicyclic) bond motifs is 1. The number of nitrogens with two attached hydrogens (primary N) is 1. The number of hydrogen-bond acceptors (Lipinski definition) is 6. The van der Waals surface area contributed by atoms with Gasteiger partial charge in [-0.1, -0.05) is 60.7 Å². The van der Waals surface area contributed by atoms with Gasteiger partial charge in [0, 0.05) is 12.7 Å². The average Bonchev–Trinajstić information content (AvgIpc) is 2.74. The first kappa shape index (κ1) is 18.6. The minimum Gasteiger partial charge on any atom is -0.369 e. The molecule has 0 aliphatic carbocycles. The van der Waals surface area contributed by atoms with Gasteiger partial charge in [0.2, 0.25) is 0 Å². The third-order valence-corrected chi connectivity index (χ3v) is 4.97. The van der Waals surface area contributed by atoms with Gasteiger partial charge in [0.15, 0.2) is 12.6 Å². The molecule has 0 radical (unpaired) electrons. The van der Waals surface area contributed by atoms with Gasteiger partial charge in [0.05, 0.1) is 19.3 Å². The van der Waals surface area contributed by atoms with Crippen molar-refractivity contribution in [1.82, 2.24) is 0 Å². The van der Waals surface area contributed by atoms with Crippen LogP contribution in [-0.4, -0.2) is 44.4 Å². The van der Waals surface area contributed by atoms with Crippen LogP contribution in [0, 0.1) is 0 Å². The largest absolute Gasteiger partial charge is 0.369 e. The molecule has 4 unspecified atom stereocenters. The van der Waals surface area contributed by atoms with Crippen LogP contribution in [0.25, 0.3) is 0 Å². The van der Waals surface area contributed by atoms with Crippen LogP contribution in [0.2, 0.25) is 0 Å². The van der Waals surface area contributed by atoms with Gasteiger partial charge >= 0.3 is 0 Å². The van der Waals surface area contributed by atoms with E-state index in [2.05, 4.69) is 0 Å². The molecule has 6 heteroatoms. The fraction of sp³-hybridized carbons (Fsp3) is 0.429. The summed E-state index contributed by atoms with van der Waals surface area (Å²) in [7, 11) is 1.58. The van der Waals surface area contributed by atoms with Crippen molar-refractivity contribution in [1.29, 1.82) is 0 Å². The topological polar surface area (TPSA) is 72.2 Å². The number of hydrogen-bond donors (Lipinski definition) is 1. The summed E-state index contributed by atoms with van der Waals surface area (Å²) < 4.78 is 29.7. The standard InChI is InChI=1S/C21H25NO5/c1-23-21-17(22)19(24-12-14-8-4-2-5-9-14)18-16(26-21)13-25-20(27-18)15-10-6-3-7-11-15/h2-11,16-21H,12-13,22H2,1H3/t16?,17?,18-,19?,20?,21+/m1/s1. The Balaban J connectivity index is 1.51. The second-order valence-corrected chi connectivity index (χ2v) is 6.79. The van der Waals surface area contributed by atoms with Crippen molar-refractivity contribution < 1.29 is 23.7 Å². The first-order chi connectivity index (χ1) is 13.3. The van der Waals surface area contributed by atoms with Crippen LogP contribution in [0.5, 0.6) is 0 Å². The Morgan fingerprint density at radius 3 is 2.41 bits per heavy atom. The lowest BCUT2D eigenvalue weighted by atomic mass is 9.96. The Hall–Kier alpha value is -1.80. The molecule has 2 aliphatic rings. The summed E-state index contributed by atoms with van der Waals surface area (Å²) >= 11 is 0. The van der Waals surface area contributed by atoms with E-state index in [1.165, 1.54) is 0 Å². The third-order valence-electron chi connectivity index (χ3n) is 4.97. The molecule has 0 amide bonds. The molecule has 144 valence electrons. The second kappa shape index (κ2) is 8.48. The number of ether oxygens (including phenoxy) is 5. The van der Waals surface area contributed by atoms with Gasteiger partial charge < -0.3 is 29.4 Å². The highest BCUT2D eigenvalue weighted by Gasteiger charge is 2.49. The first-order valence-corrected chi connectivity index (χ1v) is 9.17. The zero-order chi connectivity index (χ0) is 18.6. The summed E-state index contributed by atoms with van der Waals surface area (Å²) in [6.07, 6.45) is -2.04. The van der Waals surface area contributed by atoms with E-state index < -0.39 is 18.6 Å². The highest BCUT2D eigenvalue weighted by molar-refractivity contribution is 5.17. The zero-order valence-electron chi connectivity index (χ0n) is 15.3. The van der Waals surface area contributed by atoms with E-state index in [9.17, 15) is 0 Å². The van der Waals surface area contributed by atoms with Crippen LogP contribution in [0.15, 0.2) is 60.7 Å². The predicted molar refractivity (Wildman–Crippen MR) is 98.7 cm³/mol. The summed E-state index contributed by atoms with van der Waals surface area (Å²) in [4.78, 5) is 0. The molecule has 2 saturated heterocycles. The average molecular weight is 371 g/mol. The van der Waals surface area contributed by atoms with Gasteiger partial charge in [0.1, 0.15) is 18.3 Å². The number of methoxy groups -OCH3 is 1. The third kappa shape index (κ3) is 4.06. The summed E-state index contributed by atoms with van der Waals surface area (Å²) in [5, 5.41) is 0. The van der Waals surface area contributed by atoms with E-state index in [1.54, 1.807) is 7.11 Å². The molecule has 4 rings (SSSR count). The van der Waals surface area contributed by atoms with Crippen LogP contribution in [0.1, 0.15) is 17.4 Å². The molecular formula is C21H25NO5. The van der Waals surface area contributed by atoms with Crippen LogP contribution < -0.4 is 5.73 Å². The Labute approximate surface area is 159 Å². The van der Waals surface area contributed by atoms with Crippen molar-refractivity contribution >= 4 is 0 Å². The van der Waals surface area contributed by atoms with Crippen molar-refractivity contribution in [3.63, 3.8) is 0 Å². The first-order valence-electron chi connectivity index (χ1n) is 9.17. The van der Waals surface area contributed by atoms with E-state index in [0.29, 0.717) is 13.2 Å². The maximum atomic E-state index is 6.39. The molecule has 6 nitrogen and oxygen atoms in total. The summed E-state index contributed by atoms with van der Waals surface area (Å²) in [5.41, 5.74) is 8.43. The molecule has 0 spiro atoms. The van der Waals surface area contributed by atoms with Crippen LogP contribution in [0.4, 0.5) is 0 Å². The highest BCUT2D eigenvalue weighted by Crippen LogP contribution is 2.35. The molecule has 2 aromatic rings. The maximum Gasteiger partial charge on any atom is 0.184 e. The Morgan fingerprint density at radius 2 is 1.70 bits per heavy atom. The highest BCUT2D eigenvalue weighted by atomic mass is 16.7. The SMILES string of the molecule is CO[C@H]1OC2COC(c3ccccc3)O[C@H]2C(OCc2ccccc2)C1N. The second-order valence-electron chi connectivity index (χ2n) is 6.79. The maximum absolute atomic E-state index is 6.39. The molecule has 2 aliphatic heterocycles. The Morgan fingerprint density at radius 1 is 1.00 bits per heavy atom. The fourth-order valence-corrected chi connectivity index (χ4v) is 3.56. The van der Waals surface area contributed by atoms with Gasteiger partial charge in [-0.2, -0.15) is 0 Å². The number of benzene rings is 2. The molecule has 2 N–H and O–H groups in total. The lowest BCUT2D eigenvalue weighted by Gasteiger charge is -2.48. The summed E-state index contributed by atoms with van der Waals surface area (Å²) in [6, 6.07) is 19.4. The van der Waals surface area contributed by atoms with Gasteiger partial charge in [-0.3, -0.25) is 0 Å². The lowest BCUT2D eigenvalue weighted by molar-refractivity contribution is -0.344. The van der Waals surface area contributed by atoms with Crippen LogP contribution in [0.3, 0.4) is 0 Å². The van der Waals surface area contributed by atoms with Crippen molar-refractivity contribution in [2.75, 3.05) is 13.7 Å². The molecule has 2 aromatic carbocycles. The van der Waals surface area contributed by atoms with Gasteiger partial charge in [-0.05, 0) is 5.56 Å². The number of rotatable bonds is 5. The molecule has 0 bridgehead atoms. The fourth-order valence-electron chi connectivity index (χ4n) is 3.56. The van der Waals surface area contributed by atoms with Crippen molar-refractivity contribution in [3.8, 4) is 0 Å². The molecule has 2 fully saturated rings. The van der Waals surface area contributed by atoms with Gasteiger partial charge in [-0.15, -0.1) is 0 Å². The normalized spacial score (nSPS) is 33.4. The predicted octanol–water partition coefficient (Wildman–Crippen LogP) is 2.38. The molecule has 27 heavy (non-hydrogen) atoms.